The molecule has 0 aliphatic heterocycles. The highest BCUT2D eigenvalue weighted by Gasteiger charge is 2.56. The first-order valence-electron chi connectivity index (χ1n) is 12.1. The molecule has 31 heavy (non-hydrogen) atoms. The van der Waals surface area contributed by atoms with Crippen molar-refractivity contribution in [3.8, 4) is 0 Å². The van der Waals surface area contributed by atoms with Gasteiger partial charge in [0.1, 0.15) is 11.6 Å². The van der Waals surface area contributed by atoms with Crippen molar-refractivity contribution in [2.75, 3.05) is 0 Å². The number of Topliss-reactive ketones (excluding diaryl/α,β-unsaturated/α-hetero) is 1. The molecule has 1 aromatic carbocycles. The van der Waals surface area contributed by atoms with E-state index in [0.29, 0.717) is 35.5 Å². The Hall–Kier alpha value is -1.29. The van der Waals surface area contributed by atoms with E-state index in [4.69, 9.17) is 0 Å². The van der Waals surface area contributed by atoms with Gasteiger partial charge < -0.3 is 5.11 Å². The van der Waals surface area contributed by atoms with E-state index in [0.717, 1.165) is 37.5 Å². The second-order valence-corrected chi connectivity index (χ2v) is 11.9. The number of fused-ring (bicyclic) bond motifs is 3. The Morgan fingerprint density at radius 3 is 2.23 bits per heavy atom. The summed E-state index contributed by atoms with van der Waals surface area (Å²) in [5, 5.41) is 11.6. The maximum absolute atomic E-state index is 13.8. The molecular formula is C27H38F2O2. The summed E-state index contributed by atoms with van der Waals surface area (Å²) in [5.74, 6) is 0.147. The van der Waals surface area contributed by atoms with Gasteiger partial charge in [-0.25, -0.2) is 8.78 Å². The van der Waals surface area contributed by atoms with Gasteiger partial charge >= 0.3 is 0 Å². The Labute approximate surface area is 185 Å². The predicted molar refractivity (Wildman–Crippen MR) is 119 cm³/mol. The van der Waals surface area contributed by atoms with Crippen LogP contribution in [-0.4, -0.2) is 17.0 Å². The van der Waals surface area contributed by atoms with Gasteiger partial charge in [0.2, 0.25) is 0 Å². The average molecular weight is 433 g/mol. The van der Waals surface area contributed by atoms with Crippen molar-refractivity contribution >= 4 is 5.78 Å². The maximum Gasteiger partial charge on any atom is 0.168 e. The molecule has 4 rings (SSSR count). The lowest BCUT2D eigenvalue weighted by Gasteiger charge is -2.59. The van der Waals surface area contributed by atoms with Crippen LogP contribution in [0, 0.1) is 58.0 Å². The van der Waals surface area contributed by atoms with Crippen LogP contribution in [0.4, 0.5) is 8.78 Å². The number of benzene rings is 1. The van der Waals surface area contributed by atoms with Crippen molar-refractivity contribution in [3.63, 3.8) is 0 Å². The summed E-state index contributed by atoms with van der Waals surface area (Å²) < 4.78 is 27.5. The molecule has 0 amide bonds. The van der Waals surface area contributed by atoms with Crippen molar-refractivity contribution in [2.45, 2.75) is 79.2 Å². The number of hydrogen-bond donors (Lipinski definition) is 1. The highest BCUT2D eigenvalue weighted by Crippen LogP contribution is 2.61. The van der Waals surface area contributed by atoms with E-state index in [9.17, 15) is 18.7 Å². The lowest BCUT2D eigenvalue weighted by Crippen LogP contribution is -2.56. The van der Waals surface area contributed by atoms with Gasteiger partial charge in [0.25, 0.3) is 0 Å². The van der Waals surface area contributed by atoms with Crippen LogP contribution in [0.15, 0.2) is 18.2 Å². The molecule has 3 fully saturated rings. The summed E-state index contributed by atoms with van der Waals surface area (Å²) in [6.45, 7) is 11.6. The minimum Gasteiger partial charge on any atom is -0.392 e. The van der Waals surface area contributed by atoms with Crippen LogP contribution in [-0.2, 0) is 0 Å². The fourth-order valence-corrected chi connectivity index (χ4v) is 7.94. The SMILES string of the molecule is C[C@@H]1CC(C(=O)c2cc(F)cc(F)c2)C(O)[C@@]2(C)CC[C@H]3[C@H](C)CC[C@@H](C[C@H]12)C3(C)C. The van der Waals surface area contributed by atoms with Gasteiger partial charge in [-0.2, -0.15) is 0 Å². The Morgan fingerprint density at radius 2 is 1.58 bits per heavy atom. The molecule has 1 N–H and O–H groups in total. The molecular weight excluding hydrogens is 394 g/mol. The van der Waals surface area contributed by atoms with Crippen LogP contribution in [0.5, 0.6) is 0 Å². The molecule has 8 atom stereocenters. The number of halogens is 2. The van der Waals surface area contributed by atoms with E-state index in [2.05, 4.69) is 34.6 Å². The lowest BCUT2D eigenvalue weighted by molar-refractivity contribution is -0.135. The summed E-state index contributed by atoms with van der Waals surface area (Å²) in [5.41, 5.74) is -0.0168. The summed E-state index contributed by atoms with van der Waals surface area (Å²) in [7, 11) is 0. The standard InChI is InChI=1S/C27H38F2O2/c1-15-6-7-18-13-23-16(2)10-21(24(30)17-11-19(28)14-20(29)12-17)25(31)27(23,5)9-8-22(15)26(18,3)4/h11-12,14-16,18,21-23,25,31H,6-10,13H2,1-5H3/t15-,16-,18+,21?,22+,23-,25?,27+/m1/s1. The summed E-state index contributed by atoms with van der Waals surface area (Å²) in [6.07, 6.45) is 5.37. The Bertz CT molecular complexity index is 829. The number of hydrogen-bond acceptors (Lipinski definition) is 2. The zero-order chi connectivity index (χ0) is 22.7. The molecule has 3 aliphatic rings. The first-order chi connectivity index (χ1) is 14.4. The lowest BCUT2D eigenvalue weighted by atomic mass is 9.47. The number of rotatable bonds is 2. The quantitative estimate of drug-likeness (QED) is 0.531. The summed E-state index contributed by atoms with van der Waals surface area (Å²) in [4.78, 5) is 13.3. The maximum atomic E-state index is 13.8. The Kier molecular flexibility index (Phi) is 5.86. The van der Waals surface area contributed by atoms with Gasteiger partial charge in [-0.3, -0.25) is 4.79 Å². The smallest absolute Gasteiger partial charge is 0.168 e. The Balaban J connectivity index is 1.66. The van der Waals surface area contributed by atoms with E-state index in [1.165, 1.54) is 12.8 Å². The number of aliphatic hydroxyl groups excluding tert-OH is 1. The van der Waals surface area contributed by atoms with Crippen molar-refractivity contribution in [3.05, 3.63) is 35.4 Å². The molecule has 0 saturated heterocycles. The zero-order valence-corrected chi connectivity index (χ0v) is 19.6. The van der Waals surface area contributed by atoms with Crippen molar-refractivity contribution < 1.29 is 18.7 Å². The largest absolute Gasteiger partial charge is 0.392 e. The number of carbonyl (C=O) groups is 1. The third-order valence-electron chi connectivity index (χ3n) is 9.90. The fraction of sp³-hybridized carbons (Fsp3) is 0.741. The molecule has 2 unspecified atom stereocenters. The van der Waals surface area contributed by atoms with Crippen LogP contribution >= 0.6 is 0 Å². The van der Waals surface area contributed by atoms with Crippen LogP contribution in [0.1, 0.15) is 83.5 Å². The molecule has 0 spiro atoms. The predicted octanol–water partition coefficient (Wildman–Crippen LogP) is 6.66. The van der Waals surface area contributed by atoms with Gasteiger partial charge in [-0.15, -0.1) is 0 Å². The number of aliphatic hydroxyl groups is 1. The highest BCUT2D eigenvalue weighted by molar-refractivity contribution is 5.98. The van der Waals surface area contributed by atoms with E-state index in [1.54, 1.807) is 0 Å². The first-order valence-corrected chi connectivity index (χ1v) is 12.1. The molecule has 3 saturated carbocycles. The normalized spacial score (nSPS) is 42.3. The number of ketones is 1. The second-order valence-electron chi connectivity index (χ2n) is 11.9. The van der Waals surface area contributed by atoms with E-state index >= 15 is 0 Å². The van der Waals surface area contributed by atoms with Crippen molar-refractivity contribution in [1.82, 2.24) is 0 Å². The molecule has 0 radical (unpaired) electrons. The summed E-state index contributed by atoms with van der Waals surface area (Å²) in [6, 6.07) is 2.98. The Morgan fingerprint density at radius 1 is 0.935 bits per heavy atom. The molecule has 3 aliphatic carbocycles. The zero-order valence-electron chi connectivity index (χ0n) is 19.6. The monoisotopic (exact) mass is 432 g/mol. The average Bonchev–Trinajstić information content (AvgIpc) is 2.67. The van der Waals surface area contributed by atoms with Gasteiger partial charge in [0.15, 0.2) is 5.78 Å². The minimum atomic E-state index is -0.787. The van der Waals surface area contributed by atoms with E-state index in [1.807, 2.05) is 0 Å². The van der Waals surface area contributed by atoms with Crippen LogP contribution in [0.2, 0.25) is 0 Å². The topological polar surface area (TPSA) is 37.3 Å². The van der Waals surface area contributed by atoms with Gasteiger partial charge in [-0.1, -0.05) is 41.0 Å². The van der Waals surface area contributed by atoms with Gasteiger partial charge in [0.05, 0.1) is 6.10 Å². The van der Waals surface area contributed by atoms with Gasteiger partial charge in [0, 0.05) is 17.5 Å². The third-order valence-corrected chi connectivity index (χ3v) is 9.90. The first kappa shape index (κ1) is 22.9. The van der Waals surface area contributed by atoms with Crippen LogP contribution in [0.25, 0.3) is 0 Å². The van der Waals surface area contributed by atoms with Crippen LogP contribution < -0.4 is 0 Å². The van der Waals surface area contributed by atoms with Crippen molar-refractivity contribution in [2.24, 2.45) is 46.3 Å². The van der Waals surface area contributed by atoms with E-state index < -0.39 is 23.7 Å². The highest BCUT2D eigenvalue weighted by atomic mass is 19.1. The minimum absolute atomic E-state index is 0.0354. The summed E-state index contributed by atoms with van der Waals surface area (Å²) >= 11 is 0. The van der Waals surface area contributed by atoms with Crippen molar-refractivity contribution in [1.29, 1.82) is 0 Å². The molecule has 2 nitrogen and oxygen atoms in total. The number of carbonyl (C=O) groups excluding carboxylic acids is 1. The molecule has 0 aromatic heterocycles. The molecule has 172 valence electrons. The molecule has 2 bridgehead atoms. The molecule has 4 heteroatoms. The fourth-order valence-electron chi connectivity index (χ4n) is 7.94. The van der Waals surface area contributed by atoms with E-state index in [-0.39, 0.29) is 22.7 Å². The third kappa shape index (κ3) is 3.77. The van der Waals surface area contributed by atoms with Crippen LogP contribution in [0.3, 0.4) is 0 Å². The second kappa shape index (κ2) is 7.93. The molecule has 0 heterocycles. The molecule has 1 aromatic rings. The van der Waals surface area contributed by atoms with Gasteiger partial charge in [-0.05, 0) is 84.7 Å².